The van der Waals surface area contributed by atoms with Crippen LogP contribution < -0.4 is 5.11 Å². The van der Waals surface area contributed by atoms with Crippen molar-refractivity contribution >= 4 is 51.5 Å². The van der Waals surface area contributed by atoms with E-state index in [9.17, 15) is 0 Å². The van der Waals surface area contributed by atoms with Gasteiger partial charge in [-0.2, -0.15) is 6.42 Å². The van der Waals surface area contributed by atoms with Crippen molar-refractivity contribution in [1.29, 1.82) is 0 Å². The Labute approximate surface area is 113 Å². The Morgan fingerprint density at radius 2 is 1.64 bits per heavy atom. The zero-order chi connectivity index (χ0) is 11.5. The van der Waals surface area contributed by atoms with Crippen LogP contribution in [-0.2, 0) is 9.36 Å². The molecule has 0 saturated carbocycles. The number of phosphoric acid groups is 1. The number of carbonyl (C=O) groups excluding carboxylic acids is 1. The van der Waals surface area contributed by atoms with Crippen LogP contribution in [0.5, 0.6) is 0 Å². The zero-order valence-electron chi connectivity index (χ0n) is 7.92. The van der Waals surface area contributed by atoms with E-state index >= 15 is 0 Å². The predicted octanol–water partition coefficient (Wildman–Crippen LogP) is -1.16. The van der Waals surface area contributed by atoms with Crippen LogP contribution in [0.25, 0.3) is 0 Å². The average Bonchev–Trinajstić information content (AvgIpc) is 1.85. The van der Waals surface area contributed by atoms with Gasteiger partial charge in [-0.3, -0.25) is 0 Å². The van der Waals surface area contributed by atoms with Crippen LogP contribution in [-0.4, -0.2) is 58.4 Å². The molecular formula is C6H13CaO6P. The molecule has 3 N–H and O–H groups in total. The van der Waals surface area contributed by atoms with Crippen LogP contribution in [0.1, 0.15) is 13.3 Å². The van der Waals surface area contributed by atoms with Crippen molar-refractivity contribution in [3.05, 3.63) is 19.6 Å². The van der Waals surface area contributed by atoms with Crippen LogP contribution in [0.2, 0.25) is 0 Å². The normalized spacial score (nSPS) is 7.79. The fraction of sp³-hybridized carbons (Fsp3) is 0.333. The van der Waals surface area contributed by atoms with E-state index in [4.69, 9.17) is 29.1 Å². The van der Waals surface area contributed by atoms with E-state index in [0.29, 0.717) is 0 Å². The molecule has 14 heavy (non-hydrogen) atoms. The molecule has 0 aliphatic rings. The molecule has 0 aromatic rings. The first kappa shape index (κ1) is 24.0. The maximum Gasteiger partial charge on any atom is 2.00 e. The minimum absolute atomic E-state index is 0. The number of aliphatic carboxylic acids is 1. The molecule has 0 radical (unpaired) electrons. The monoisotopic (exact) mass is 252 g/mol. The standard InChI is InChI=1S/C3H4O2.C3H7.Ca.H3O4P/c1-2-3(4)5;1-3-2;;1-5(2,3)4/h2H,1H2,(H,4,5);1,3H2,2H3;;(H3,1,2,3,4)/q;-1;+2;/p-1. The fourth-order valence-corrected chi connectivity index (χ4v) is 0. The number of hydrogen-bond acceptors (Lipinski definition) is 3. The third kappa shape index (κ3) is 253. The first-order valence-electron chi connectivity index (χ1n) is 3.09. The Morgan fingerprint density at radius 3 is 1.64 bits per heavy atom. The van der Waals surface area contributed by atoms with Crippen molar-refractivity contribution < 1.29 is 29.1 Å². The molecule has 0 heterocycles. The molecule has 0 unspecified atom stereocenters. The Bertz CT molecular complexity index is 169. The summed E-state index contributed by atoms with van der Waals surface area (Å²) >= 11 is 0. The van der Waals surface area contributed by atoms with E-state index in [0.717, 1.165) is 12.5 Å². The molecule has 0 saturated heterocycles. The fourth-order valence-electron chi connectivity index (χ4n) is 0. The summed E-state index contributed by atoms with van der Waals surface area (Å²) in [6, 6.07) is 0. The number of hydrogen-bond donors (Lipinski definition) is 3. The second-order valence-corrected chi connectivity index (χ2v) is 2.56. The van der Waals surface area contributed by atoms with Crippen LogP contribution in [0.15, 0.2) is 12.7 Å². The Morgan fingerprint density at radius 1 is 1.57 bits per heavy atom. The molecular weight excluding hydrogens is 239 g/mol. The molecule has 0 bridgehead atoms. The molecule has 0 spiro atoms. The van der Waals surface area contributed by atoms with Crippen LogP contribution in [0.3, 0.4) is 0 Å². The maximum atomic E-state index is 9.14. The molecule has 8 heteroatoms. The summed E-state index contributed by atoms with van der Waals surface area (Å²) in [6.45, 7) is 8.40. The van der Waals surface area contributed by atoms with E-state index in [1.54, 1.807) is 0 Å². The maximum absolute atomic E-state index is 9.14. The van der Waals surface area contributed by atoms with Gasteiger partial charge in [0.05, 0.1) is 5.97 Å². The average molecular weight is 252 g/mol. The van der Waals surface area contributed by atoms with Crippen molar-refractivity contribution in [1.82, 2.24) is 0 Å². The molecule has 0 aliphatic heterocycles. The Hall–Kier alpha value is 0.580. The third-order valence-electron chi connectivity index (χ3n) is 0.167. The Kier molecular flexibility index (Phi) is 27.5. The SMILES string of the molecule is C=CC(=O)[O-].O=P(O)(O)O.[CH2-]CC.[Ca+2]. The van der Waals surface area contributed by atoms with Gasteiger partial charge in [0.25, 0.3) is 0 Å². The largest absolute Gasteiger partial charge is 2.00 e. The van der Waals surface area contributed by atoms with Gasteiger partial charge in [0.15, 0.2) is 0 Å². The van der Waals surface area contributed by atoms with Crippen LogP contribution in [0.4, 0.5) is 0 Å². The van der Waals surface area contributed by atoms with Gasteiger partial charge in [-0.1, -0.05) is 13.5 Å². The second kappa shape index (κ2) is 16.0. The minimum atomic E-state index is -4.64. The second-order valence-electron chi connectivity index (χ2n) is 1.54. The summed E-state index contributed by atoms with van der Waals surface area (Å²) in [5.41, 5.74) is 0. The number of rotatable bonds is 1. The van der Waals surface area contributed by atoms with E-state index < -0.39 is 13.8 Å². The smallest absolute Gasteiger partial charge is 0.545 e. The van der Waals surface area contributed by atoms with Gasteiger partial charge < -0.3 is 31.5 Å². The van der Waals surface area contributed by atoms with Gasteiger partial charge in [0.1, 0.15) is 0 Å². The Balaban J connectivity index is -0.0000000535. The summed E-state index contributed by atoms with van der Waals surface area (Å²) in [6.07, 6.45) is 1.72. The molecule has 6 nitrogen and oxygen atoms in total. The molecule has 0 aromatic heterocycles. The van der Waals surface area contributed by atoms with Gasteiger partial charge in [0, 0.05) is 0 Å². The number of carboxylic acid groups (broad SMARTS) is 1. The summed E-state index contributed by atoms with van der Waals surface area (Å²) in [5.74, 6) is -1.23. The van der Waals surface area contributed by atoms with Gasteiger partial charge in [-0.15, -0.1) is 0 Å². The van der Waals surface area contributed by atoms with Crippen molar-refractivity contribution in [3.63, 3.8) is 0 Å². The zero-order valence-corrected chi connectivity index (χ0v) is 11.0. The third-order valence-corrected chi connectivity index (χ3v) is 0.167. The number of carbonyl (C=O) groups is 1. The van der Waals surface area contributed by atoms with Gasteiger partial charge >= 0.3 is 45.6 Å². The van der Waals surface area contributed by atoms with Crippen molar-refractivity contribution in [3.8, 4) is 0 Å². The molecule has 0 atom stereocenters. The van der Waals surface area contributed by atoms with Crippen LogP contribution >= 0.6 is 7.82 Å². The van der Waals surface area contributed by atoms with Gasteiger partial charge in [-0.05, 0) is 6.08 Å². The van der Waals surface area contributed by atoms with E-state index in [1.165, 1.54) is 0 Å². The summed E-state index contributed by atoms with van der Waals surface area (Å²) in [7, 11) is -4.64. The molecule has 0 rings (SSSR count). The predicted molar refractivity (Wildman–Crippen MR) is 50.9 cm³/mol. The van der Waals surface area contributed by atoms with Crippen molar-refractivity contribution in [2.45, 2.75) is 13.3 Å². The van der Waals surface area contributed by atoms with Crippen molar-refractivity contribution in [2.24, 2.45) is 0 Å². The van der Waals surface area contributed by atoms with Crippen molar-refractivity contribution in [2.75, 3.05) is 0 Å². The molecule has 0 aliphatic carbocycles. The first-order valence-corrected chi connectivity index (χ1v) is 4.66. The summed E-state index contributed by atoms with van der Waals surface area (Å²) in [5, 5.41) is 9.14. The quantitative estimate of drug-likeness (QED) is 0.234. The molecule has 80 valence electrons. The topological polar surface area (TPSA) is 118 Å². The molecule has 0 fully saturated rings. The molecule has 0 aromatic carbocycles. The first-order chi connectivity index (χ1) is 5.68. The summed E-state index contributed by atoms with van der Waals surface area (Å²) < 4.78 is 8.88. The molecule has 0 amide bonds. The minimum Gasteiger partial charge on any atom is -0.545 e. The van der Waals surface area contributed by atoms with Gasteiger partial charge in [0.2, 0.25) is 0 Å². The van der Waals surface area contributed by atoms with E-state index in [1.807, 2.05) is 6.92 Å². The van der Waals surface area contributed by atoms with E-state index in [-0.39, 0.29) is 37.7 Å². The van der Waals surface area contributed by atoms with Crippen LogP contribution in [0, 0.1) is 6.92 Å². The van der Waals surface area contributed by atoms with E-state index in [2.05, 4.69) is 13.5 Å². The number of carboxylic acids is 1. The van der Waals surface area contributed by atoms with Gasteiger partial charge in [-0.25, -0.2) is 4.57 Å². The summed E-state index contributed by atoms with van der Waals surface area (Å²) in [4.78, 5) is 30.7.